The van der Waals surface area contributed by atoms with Gasteiger partial charge in [0, 0.05) is 18.2 Å². The fourth-order valence-corrected chi connectivity index (χ4v) is 1.93. The van der Waals surface area contributed by atoms with Crippen LogP contribution in [0.5, 0.6) is 5.75 Å². The second-order valence-corrected chi connectivity index (χ2v) is 4.41. The molecule has 1 aliphatic heterocycles. The number of ether oxygens (including phenoxy) is 1. The van der Waals surface area contributed by atoms with Crippen LogP contribution in [-0.4, -0.2) is 23.5 Å². The summed E-state index contributed by atoms with van der Waals surface area (Å²) in [6, 6.07) is 2.90. The molecule has 0 saturated carbocycles. The van der Waals surface area contributed by atoms with Gasteiger partial charge >= 0.3 is 5.69 Å². The minimum Gasteiger partial charge on any atom is -0.484 e. The van der Waals surface area contributed by atoms with Crippen molar-refractivity contribution in [3.63, 3.8) is 0 Å². The first-order valence-electron chi connectivity index (χ1n) is 5.75. The van der Waals surface area contributed by atoms with Gasteiger partial charge in [-0.05, 0) is 31.9 Å². The topological polar surface area (TPSA) is 81.5 Å². The fourth-order valence-electron chi connectivity index (χ4n) is 1.93. The van der Waals surface area contributed by atoms with Crippen molar-refractivity contribution in [2.24, 2.45) is 0 Å². The molecular weight excluding hydrogens is 236 g/mol. The first-order chi connectivity index (χ1) is 8.49. The van der Waals surface area contributed by atoms with Crippen LogP contribution in [0.25, 0.3) is 0 Å². The van der Waals surface area contributed by atoms with Crippen molar-refractivity contribution in [3.05, 3.63) is 33.4 Å². The second kappa shape index (κ2) is 4.64. The summed E-state index contributed by atoms with van der Waals surface area (Å²) in [6.07, 6.45) is 0.507. The number of rotatable bonds is 3. The van der Waals surface area contributed by atoms with E-state index in [1.807, 2.05) is 0 Å². The van der Waals surface area contributed by atoms with E-state index in [1.54, 1.807) is 19.9 Å². The molecule has 6 heteroatoms. The number of carbonyl (C=O) groups is 1. The number of nitro benzene ring substituents is 1. The Morgan fingerprint density at radius 1 is 1.44 bits per heavy atom. The molecule has 0 bridgehead atoms. The number of nitrogens with one attached hydrogen (secondary N) is 1. The van der Waals surface area contributed by atoms with Crippen LogP contribution in [0.1, 0.15) is 29.8 Å². The van der Waals surface area contributed by atoms with Crippen LogP contribution in [-0.2, 0) is 6.42 Å². The Morgan fingerprint density at radius 3 is 2.78 bits per heavy atom. The maximum atomic E-state index is 11.6. The number of nitrogens with zero attached hydrogens (tertiary/aromatic N) is 1. The van der Waals surface area contributed by atoms with Crippen LogP contribution in [0.2, 0.25) is 0 Å². The van der Waals surface area contributed by atoms with Crippen LogP contribution in [0.4, 0.5) is 5.69 Å². The van der Waals surface area contributed by atoms with Gasteiger partial charge in [-0.2, -0.15) is 0 Å². The maximum absolute atomic E-state index is 11.6. The normalized spacial score (nSPS) is 14.1. The second-order valence-electron chi connectivity index (χ2n) is 4.41. The molecule has 96 valence electrons. The minimum absolute atomic E-state index is 0.154. The van der Waals surface area contributed by atoms with Crippen molar-refractivity contribution in [1.82, 2.24) is 5.32 Å². The minimum atomic E-state index is -0.528. The van der Waals surface area contributed by atoms with E-state index in [-0.39, 0.29) is 23.4 Å². The molecule has 1 amide bonds. The first-order valence-corrected chi connectivity index (χ1v) is 5.75. The Kier molecular flexibility index (Phi) is 3.18. The molecule has 0 aromatic heterocycles. The van der Waals surface area contributed by atoms with Gasteiger partial charge in [0.1, 0.15) is 0 Å². The third kappa shape index (κ3) is 2.27. The first kappa shape index (κ1) is 12.3. The zero-order valence-corrected chi connectivity index (χ0v) is 10.2. The molecule has 6 nitrogen and oxygen atoms in total. The van der Waals surface area contributed by atoms with Gasteiger partial charge in [0.25, 0.3) is 5.91 Å². The number of fused-ring (bicyclic) bond motifs is 1. The van der Waals surface area contributed by atoms with E-state index >= 15 is 0 Å². The predicted molar refractivity (Wildman–Crippen MR) is 64.9 cm³/mol. The zero-order chi connectivity index (χ0) is 13.3. The number of benzene rings is 1. The molecule has 18 heavy (non-hydrogen) atoms. The lowest BCUT2D eigenvalue weighted by Gasteiger charge is -2.18. The number of hydrogen-bond acceptors (Lipinski definition) is 4. The van der Waals surface area contributed by atoms with Crippen molar-refractivity contribution in [2.45, 2.75) is 26.4 Å². The summed E-state index contributed by atoms with van der Waals surface area (Å²) in [5, 5.41) is 13.7. The van der Waals surface area contributed by atoms with E-state index in [0.29, 0.717) is 18.5 Å². The van der Waals surface area contributed by atoms with E-state index in [0.717, 1.165) is 5.56 Å². The van der Waals surface area contributed by atoms with E-state index < -0.39 is 4.92 Å². The van der Waals surface area contributed by atoms with Gasteiger partial charge in [-0.1, -0.05) is 0 Å². The third-order valence-electron chi connectivity index (χ3n) is 2.67. The van der Waals surface area contributed by atoms with Crippen molar-refractivity contribution in [3.8, 4) is 5.75 Å². The Labute approximate surface area is 104 Å². The Morgan fingerprint density at radius 2 is 2.17 bits per heavy atom. The van der Waals surface area contributed by atoms with E-state index in [1.165, 1.54) is 6.07 Å². The zero-order valence-electron chi connectivity index (χ0n) is 10.2. The third-order valence-corrected chi connectivity index (χ3v) is 2.67. The quantitative estimate of drug-likeness (QED) is 0.653. The van der Waals surface area contributed by atoms with Gasteiger partial charge < -0.3 is 10.1 Å². The monoisotopic (exact) mass is 250 g/mol. The summed E-state index contributed by atoms with van der Waals surface area (Å²) in [4.78, 5) is 22.1. The van der Waals surface area contributed by atoms with Crippen molar-refractivity contribution >= 4 is 11.6 Å². The van der Waals surface area contributed by atoms with Gasteiger partial charge in [-0.25, -0.2) is 0 Å². The maximum Gasteiger partial charge on any atom is 0.311 e. The molecule has 0 fully saturated rings. The van der Waals surface area contributed by atoms with Gasteiger partial charge in [0.05, 0.1) is 11.0 Å². The summed E-state index contributed by atoms with van der Waals surface area (Å²) in [5.74, 6) is -0.0427. The number of hydrogen-bond donors (Lipinski definition) is 1. The summed E-state index contributed by atoms with van der Waals surface area (Å²) in [5.41, 5.74) is 0.989. The Bertz CT molecular complexity index is 511. The molecular formula is C12H14N2O4. The number of carbonyl (C=O) groups excluding carboxylic acids is 1. The Balaban J connectivity index is 2.52. The van der Waals surface area contributed by atoms with E-state index in [9.17, 15) is 14.9 Å². The average molecular weight is 250 g/mol. The molecule has 0 aliphatic carbocycles. The lowest BCUT2D eigenvalue weighted by Crippen LogP contribution is -2.31. The summed E-state index contributed by atoms with van der Waals surface area (Å²) < 4.78 is 5.43. The highest BCUT2D eigenvalue weighted by molar-refractivity contribution is 5.97. The van der Waals surface area contributed by atoms with Crippen molar-refractivity contribution in [1.29, 1.82) is 0 Å². The molecule has 0 spiro atoms. The molecule has 0 saturated heterocycles. The molecule has 0 atom stereocenters. The molecule has 1 aromatic rings. The van der Waals surface area contributed by atoms with Crippen LogP contribution in [0.3, 0.4) is 0 Å². The summed E-state index contributed by atoms with van der Waals surface area (Å²) >= 11 is 0. The van der Waals surface area contributed by atoms with Crippen LogP contribution >= 0.6 is 0 Å². The average Bonchev–Trinajstić information content (AvgIpc) is 2.27. The smallest absolute Gasteiger partial charge is 0.311 e. The standard InChI is InChI=1S/C12H14N2O4/c1-7(2)18-11-5-8-3-4-13-12(15)9(8)6-10(11)14(16)17/h5-7H,3-4H2,1-2H3,(H,13,15). The highest BCUT2D eigenvalue weighted by atomic mass is 16.6. The molecule has 1 heterocycles. The van der Waals surface area contributed by atoms with Crippen molar-refractivity contribution in [2.75, 3.05) is 6.54 Å². The summed E-state index contributed by atoms with van der Waals surface area (Å²) in [7, 11) is 0. The van der Waals surface area contributed by atoms with Gasteiger partial charge in [-0.15, -0.1) is 0 Å². The Hall–Kier alpha value is -2.11. The van der Waals surface area contributed by atoms with Crippen LogP contribution in [0.15, 0.2) is 12.1 Å². The fraction of sp³-hybridized carbons (Fsp3) is 0.417. The molecule has 0 radical (unpaired) electrons. The SMILES string of the molecule is CC(C)Oc1cc2c(cc1[N+](=O)[O-])C(=O)NCC2. The van der Waals surface area contributed by atoms with E-state index in [2.05, 4.69) is 5.32 Å². The molecule has 2 rings (SSSR count). The number of amides is 1. The highest BCUT2D eigenvalue weighted by Crippen LogP contribution is 2.32. The van der Waals surface area contributed by atoms with Crippen LogP contribution in [0, 0.1) is 10.1 Å². The lowest BCUT2D eigenvalue weighted by molar-refractivity contribution is -0.386. The molecule has 1 aliphatic rings. The van der Waals surface area contributed by atoms with Crippen LogP contribution < -0.4 is 10.1 Å². The highest BCUT2D eigenvalue weighted by Gasteiger charge is 2.25. The summed E-state index contributed by atoms with van der Waals surface area (Å²) in [6.45, 7) is 4.15. The van der Waals surface area contributed by atoms with Crippen molar-refractivity contribution < 1.29 is 14.5 Å². The van der Waals surface area contributed by atoms with Gasteiger partial charge in [-0.3, -0.25) is 14.9 Å². The molecule has 1 N–H and O–H groups in total. The van der Waals surface area contributed by atoms with Gasteiger partial charge in [0.15, 0.2) is 5.75 Å². The molecule has 1 aromatic carbocycles. The molecule has 0 unspecified atom stereocenters. The predicted octanol–water partition coefficient (Wildman–Crippen LogP) is 1.67. The van der Waals surface area contributed by atoms with Gasteiger partial charge in [0.2, 0.25) is 0 Å². The number of nitro groups is 1. The van der Waals surface area contributed by atoms with E-state index in [4.69, 9.17) is 4.74 Å². The largest absolute Gasteiger partial charge is 0.484 e. The lowest BCUT2D eigenvalue weighted by atomic mass is 9.99.